The number of halogens is 2. The molecule has 8 nitrogen and oxygen atoms in total. The molecule has 28 heavy (non-hydrogen) atoms. The minimum absolute atomic E-state index is 0.0460. The number of fused-ring (bicyclic) bond motifs is 1. The Morgan fingerprint density at radius 1 is 1.14 bits per heavy atom. The number of aryl methyl sites for hydroxylation is 1. The van der Waals surface area contributed by atoms with Crippen molar-refractivity contribution < 1.29 is 18.3 Å². The van der Waals surface area contributed by atoms with Crippen LogP contribution in [0.15, 0.2) is 39.9 Å². The van der Waals surface area contributed by atoms with Gasteiger partial charge in [-0.25, -0.2) is 9.78 Å². The van der Waals surface area contributed by atoms with Crippen molar-refractivity contribution in [2.45, 2.75) is 13.5 Å². The molecule has 0 unspecified atom stereocenters. The molecule has 0 saturated heterocycles. The lowest BCUT2D eigenvalue weighted by Crippen LogP contribution is -2.37. The van der Waals surface area contributed by atoms with Crippen LogP contribution in [0.3, 0.4) is 0 Å². The Kier molecular flexibility index (Phi) is 4.95. The molecule has 1 aromatic carbocycles. The van der Waals surface area contributed by atoms with E-state index in [1.165, 1.54) is 51.4 Å². The van der Waals surface area contributed by atoms with Crippen molar-refractivity contribution in [3.05, 3.63) is 62.4 Å². The maximum atomic E-state index is 12.6. The molecule has 3 rings (SSSR count). The van der Waals surface area contributed by atoms with Gasteiger partial charge in [0.2, 0.25) is 0 Å². The van der Waals surface area contributed by atoms with Crippen molar-refractivity contribution in [2.75, 3.05) is 5.32 Å². The fraction of sp³-hybridized carbons (Fsp3) is 0.222. The lowest BCUT2D eigenvalue weighted by atomic mass is 10.1. The van der Waals surface area contributed by atoms with Crippen LogP contribution in [0.2, 0.25) is 0 Å². The number of amides is 1. The van der Waals surface area contributed by atoms with Gasteiger partial charge in [-0.1, -0.05) is 6.07 Å². The minimum atomic E-state index is -2.99. The predicted octanol–water partition coefficient (Wildman–Crippen LogP) is 1.79. The Bertz CT molecular complexity index is 1200. The standard InChI is InChI=1S/C18H16F2N4O4/c1-9-11(5-4-6-13(9)28-17(19)20)22-15(25)12-8-7-10-14(21-12)23(2)18(27)24(3)16(10)26/h4-8,17H,1-3H3,(H,22,25). The van der Waals surface area contributed by atoms with E-state index in [2.05, 4.69) is 15.0 Å². The summed E-state index contributed by atoms with van der Waals surface area (Å²) in [7, 11) is 2.79. The SMILES string of the molecule is Cc1c(NC(=O)c2ccc3c(=O)n(C)c(=O)n(C)c3n2)cccc1OC(F)F. The van der Waals surface area contributed by atoms with E-state index >= 15 is 0 Å². The Morgan fingerprint density at radius 3 is 2.54 bits per heavy atom. The fourth-order valence-corrected chi connectivity index (χ4v) is 2.74. The fourth-order valence-electron chi connectivity index (χ4n) is 2.74. The lowest BCUT2D eigenvalue weighted by Gasteiger charge is -2.13. The Labute approximate surface area is 157 Å². The van der Waals surface area contributed by atoms with Gasteiger partial charge in [-0.15, -0.1) is 0 Å². The first-order valence-corrected chi connectivity index (χ1v) is 8.13. The highest BCUT2D eigenvalue weighted by molar-refractivity contribution is 6.04. The van der Waals surface area contributed by atoms with Gasteiger partial charge in [0.15, 0.2) is 0 Å². The first-order valence-electron chi connectivity index (χ1n) is 8.13. The number of alkyl halides is 2. The number of carbonyl (C=O) groups excluding carboxylic acids is 1. The van der Waals surface area contributed by atoms with Crippen molar-refractivity contribution in [3.8, 4) is 5.75 Å². The molecule has 2 aromatic heterocycles. The highest BCUT2D eigenvalue weighted by Gasteiger charge is 2.16. The second-order valence-electron chi connectivity index (χ2n) is 6.03. The van der Waals surface area contributed by atoms with Gasteiger partial charge in [-0.2, -0.15) is 8.78 Å². The third-order valence-electron chi connectivity index (χ3n) is 4.28. The number of aromatic nitrogens is 3. The monoisotopic (exact) mass is 390 g/mol. The molecular formula is C18H16F2N4O4. The summed E-state index contributed by atoms with van der Waals surface area (Å²) in [4.78, 5) is 40.9. The molecule has 0 aliphatic carbocycles. The van der Waals surface area contributed by atoms with Crippen molar-refractivity contribution >= 4 is 22.6 Å². The zero-order chi connectivity index (χ0) is 20.6. The molecule has 0 radical (unpaired) electrons. The second-order valence-corrected chi connectivity index (χ2v) is 6.03. The van der Waals surface area contributed by atoms with Crippen molar-refractivity contribution in [3.63, 3.8) is 0 Å². The highest BCUT2D eigenvalue weighted by atomic mass is 19.3. The van der Waals surface area contributed by atoms with Gasteiger partial charge in [0.25, 0.3) is 11.5 Å². The van der Waals surface area contributed by atoms with Crippen molar-refractivity contribution in [1.29, 1.82) is 0 Å². The zero-order valence-corrected chi connectivity index (χ0v) is 15.2. The molecule has 1 N–H and O–H groups in total. The van der Waals surface area contributed by atoms with Gasteiger partial charge in [0, 0.05) is 25.3 Å². The van der Waals surface area contributed by atoms with Gasteiger partial charge in [-0.05, 0) is 31.2 Å². The van der Waals surface area contributed by atoms with Crippen LogP contribution in [0.4, 0.5) is 14.5 Å². The van der Waals surface area contributed by atoms with Crippen LogP contribution in [0.5, 0.6) is 5.75 Å². The van der Waals surface area contributed by atoms with Crippen LogP contribution >= 0.6 is 0 Å². The zero-order valence-electron chi connectivity index (χ0n) is 15.2. The number of hydrogen-bond acceptors (Lipinski definition) is 5. The third-order valence-corrected chi connectivity index (χ3v) is 4.28. The van der Waals surface area contributed by atoms with Crippen LogP contribution < -0.4 is 21.3 Å². The minimum Gasteiger partial charge on any atom is -0.434 e. The normalized spacial score (nSPS) is 11.1. The lowest BCUT2D eigenvalue weighted by molar-refractivity contribution is -0.0502. The largest absolute Gasteiger partial charge is 0.434 e. The summed E-state index contributed by atoms with van der Waals surface area (Å²) in [5.41, 5.74) is -0.496. The number of benzene rings is 1. The molecule has 1 amide bonds. The number of pyridine rings is 1. The quantitative estimate of drug-likeness (QED) is 0.733. The van der Waals surface area contributed by atoms with E-state index in [1.807, 2.05) is 0 Å². The number of ether oxygens (including phenoxy) is 1. The number of carbonyl (C=O) groups is 1. The number of anilines is 1. The smallest absolute Gasteiger partial charge is 0.387 e. The molecule has 2 heterocycles. The maximum Gasteiger partial charge on any atom is 0.387 e. The summed E-state index contributed by atoms with van der Waals surface area (Å²) in [6.45, 7) is -1.47. The van der Waals surface area contributed by atoms with Crippen molar-refractivity contribution in [1.82, 2.24) is 14.1 Å². The maximum absolute atomic E-state index is 12.6. The number of nitrogens with zero attached hydrogens (tertiary/aromatic N) is 3. The van der Waals surface area contributed by atoms with Gasteiger partial charge < -0.3 is 10.1 Å². The molecule has 0 aliphatic rings. The Morgan fingerprint density at radius 2 is 1.86 bits per heavy atom. The first kappa shape index (κ1) is 19.2. The third kappa shape index (κ3) is 3.36. The molecule has 0 aliphatic heterocycles. The summed E-state index contributed by atoms with van der Waals surface area (Å²) >= 11 is 0. The molecule has 0 fully saturated rings. The van der Waals surface area contributed by atoms with E-state index in [-0.39, 0.29) is 28.2 Å². The molecule has 10 heteroatoms. The molecule has 146 valence electrons. The van der Waals surface area contributed by atoms with E-state index in [1.54, 1.807) is 0 Å². The predicted molar refractivity (Wildman–Crippen MR) is 98.0 cm³/mol. The Balaban J connectivity index is 1.99. The van der Waals surface area contributed by atoms with E-state index in [0.29, 0.717) is 5.56 Å². The Hall–Kier alpha value is -3.56. The van der Waals surface area contributed by atoms with Gasteiger partial charge in [0.1, 0.15) is 17.1 Å². The molecule has 3 aromatic rings. The molecular weight excluding hydrogens is 374 g/mol. The number of hydrogen-bond donors (Lipinski definition) is 1. The van der Waals surface area contributed by atoms with Crippen molar-refractivity contribution in [2.24, 2.45) is 14.1 Å². The molecule has 0 bridgehead atoms. The van der Waals surface area contributed by atoms with Crippen LogP contribution in [-0.2, 0) is 14.1 Å². The van der Waals surface area contributed by atoms with Crippen LogP contribution in [-0.4, -0.2) is 26.6 Å². The molecule has 0 spiro atoms. The molecule has 0 saturated carbocycles. The number of rotatable bonds is 4. The van der Waals surface area contributed by atoms with E-state index in [4.69, 9.17) is 0 Å². The molecule has 0 atom stereocenters. The number of nitrogens with one attached hydrogen (secondary N) is 1. The van der Waals surface area contributed by atoms with Gasteiger partial charge >= 0.3 is 12.3 Å². The average molecular weight is 390 g/mol. The van der Waals surface area contributed by atoms with Gasteiger partial charge in [0.05, 0.1) is 5.39 Å². The van der Waals surface area contributed by atoms with E-state index in [9.17, 15) is 23.2 Å². The second kappa shape index (κ2) is 7.22. The van der Waals surface area contributed by atoms with Crippen LogP contribution in [0.25, 0.3) is 11.0 Å². The van der Waals surface area contributed by atoms with Crippen LogP contribution in [0, 0.1) is 6.92 Å². The summed E-state index contributed by atoms with van der Waals surface area (Å²) in [5.74, 6) is -0.697. The highest BCUT2D eigenvalue weighted by Crippen LogP contribution is 2.27. The average Bonchev–Trinajstić information content (AvgIpc) is 2.67. The summed E-state index contributed by atoms with van der Waals surface area (Å²) < 4.78 is 31.4. The van der Waals surface area contributed by atoms with Gasteiger partial charge in [-0.3, -0.25) is 18.7 Å². The van der Waals surface area contributed by atoms with E-state index < -0.39 is 23.8 Å². The first-order chi connectivity index (χ1) is 13.2. The van der Waals surface area contributed by atoms with Crippen LogP contribution in [0.1, 0.15) is 16.1 Å². The summed E-state index contributed by atoms with van der Waals surface area (Å²) in [6, 6.07) is 7.09. The topological polar surface area (TPSA) is 95.2 Å². The summed E-state index contributed by atoms with van der Waals surface area (Å²) in [5, 5.41) is 2.75. The van der Waals surface area contributed by atoms with E-state index in [0.717, 1.165) is 9.13 Å². The summed E-state index contributed by atoms with van der Waals surface area (Å²) in [6.07, 6.45) is 0.